The number of nitrogens with one attached hydrogen (secondary N) is 2. The third kappa shape index (κ3) is 5.96. The summed E-state index contributed by atoms with van der Waals surface area (Å²) in [5.41, 5.74) is 0.966. The van der Waals surface area contributed by atoms with Crippen LogP contribution in [0.15, 0.2) is 29.4 Å². The lowest BCUT2D eigenvalue weighted by atomic mass is 10.2. The van der Waals surface area contributed by atoms with E-state index in [1.807, 2.05) is 36.9 Å². The molecule has 1 saturated heterocycles. The van der Waals surface area contributed by atoms with Gasteiger partial charge in [-0.15, -0.1) is 24.0 Å². The number of amides is 1. The van der Waals surface area contributed by atoms with Gasteiger partial charge in [0.25, 0.3) is 0 Å². The van der Waals surface area contributed by atoms with Crippen molar-refractivity contribution in [1.29, 1.82) is 0 Å². The lowest BCUT2D eigenvalue weighted by Crippen LogP contribution is -2.45. The Morgan fingerprint density at radius 3 is 2.87 bits per heavy atom. The van der Waals surface area contributed by atoms with Gasteiger partial charge < -0.3 is 15.5 Å². The molecular weight excluding hydrogens is 405 g/mol. The van der Waals surface area contributed by atoms with Gasteiger partial charge in [-0.05, 0) is 18.6 Å². The van der Waals surface area contributed by atoms with Gasteiger partial charge in [0.15, 0.2) is 5.96 Å². The molecule has 2 rings (SSSR count). The van der Waals surface area contributed by atoms with Crippen LogP contribution in [-0.4, -0.2) is 47.9 Å². The summed E-state index contributed by atoms with van der Waals surface area (Å²) in [6.45, 7) is 6.06. The quantitative estimate of drug-likeness (QED) is 0.432. The van der Waals surface area contributed by atoms with Gasteiger partial charge in [-0.25, -0.2) is 0 Å². The van der Waals surface area contributed by atoms with Gasteiger partial charge in [0.05, 0.1) is 12.2 Å². The van der Waals surface area contributed by atoms with Crippen molar-refractivity contribution in [2.75, 3.05) is 20.1 Å². The standard InChI is InChI=1S/C16H25N5O.HI/c1-12(2)15(22)21-9-7-14(11-21)20-16(17-3)19-10-13-6-4-5-8-18-13;/h4-6,8,12,14H,7,9-11H2,1-3H3,(H2,17,19,20);1H. The molecule has 1 amide bonds. The number of aromatic nitrogens is 1. The molecule has 0 saturated carbocycles. The molecule has 1 aliphatic rings. The molecule has 1 aromatic heterocycles. The number of likely N-dealkylation sites (tertiary alicyclic amines) is 1. The Morgan fingerprint density at radius 1 is 1.48 bits per heavy atom. The molecule has 0 radical (unpaired) electrons. The fourth-order valence-electron chi connectivity index (χ4n) is 2.51. The predicted molar refractivity (Wildman–Crippen MR) is 103 cm³/mol. The van der Waals surface area contributed by atoms with E-state index in [0.29, 0.717) is 6.54 Å². The number of pyridine rings is 1. The average Bonchev–Trinajstić information content (AvgIpc) is 3.00. The summed E-state index contributed by atoms with van der Waals surface area (Å²) < 4.78 is 0. The fourth-order valence-corrected chi connectivity index (χ4v) is 2.51. The lowest BCUT2D eigenvalue weighted by Gasteiger charge is -2.20. The Hall–Kier alpha value is -1.38. The summed E-state index contributed by atoms with van der Waals surface area (Å²) in [5, 5.41) is 6.63. The first-order valence-corrected chi connectivity index (χ1v) is 7.76. The average molecular weight is 431 g/mol. The molecule has 1 aromatic rings. The van der Waals surface area contributed by atoms with E-state index in [2.05, 4.69) is 20.6 Å². The summed E-state index contributed by atoms with van der Waals surface area (Å²) in [4.78, 5) is 22.4. The zero-order valence-electron chi connectivity index (χ0n) is 14.0. The molecule has 23 heavy (non-hydrogen) atoms. The second-order valence-corrected chi connectivity index (χ2v) is 5.82. The van der Waals surface area contributed by atoms with Crippen molar-refractivity contribution in [2.45, 2.75) is 32.9 Å². The number of carbonyl (C=O) groups is 1. The smallest absolute Gasteiger partial charge is 0.225 e. The highest BCUT2D eigenvalue weighted by Crippen LogP contribution is 2.12. The third-order valence-corrected chi connectivity index (χ3v) is 3.72. The number of halogens is 1. The van der Waals surface area contributed by atoms with Crippen LogP contribution in [0.25, 0.3) is 0 Å². The maximum atomic E-state index is 12.0. The van der Waals surface area contributed by atoms with Crippen molar-refractivity contribution in [2.24, 2.45) is 10.9 Å². The van der Waals surface area contributed by atoms with Crippen LogP contribution in [0.1, 0.15) is 26.0 Å². The van der Waals surface area contributed by atoms with E-state index < -0.39 is 0 Å². The van der Waals surface area contributed by atoms with E-state index in [0.717, 1.165) is 31.2 Å². The van der Waals surface area contributed by atoms with Crippen LogP contribution >= 0.6 is 24.0 Å². The predicted octanol–water partition coefficient (Wildman–Crippen LogP) is 1.62. The highest BCUT2D eigenvalue weighted by atomic mass is 127. The maximum Gasteiger partial charge on any atom is 0.225 e. The summed E-state index contributed by atoms with van der Waals surface area (Å²) >= 11 is 0. The largest absolute Gasteiger partial charge is 0.352 e. The molecule has 0 aromatic carbocycles. The molecule has 128 valence electrons. The first-order valence-electron chi connectivity index (χ1n) is 7.76. The van der Waals surface area contributed by atoms with E-state index in [1.54, 1.807) is 13.2 Å². The Kier molecular flexibility index (Phi) is 8.29. The molecule has 1 fully saturated rings. The van der Waals surface area contributed by atoms with Gasteiger partial charge >= 0.3 is 0 Å². The monoisotopic (exact) mass is 431 g/mol. The Balaban J connectivity index is 0.00000264. The van der Waals surface area contributed by atoms with Gasteiger partial charge in [-0.2, -0.15) is 0 Å². The molecule has 2 heterocycles. The van der Waals surface area contributed by atoms with Crippen LogP contribution in [0.4, 0.5) is 0 Å². The minimum atomic E-state index is 0. The topological polar surface area (TPSA) is 69.6 Å². The molecule has 0 spiro atoms. The number of aliphatic imine (C=N–C) groups is 1. The van der Waals surface area contributed by atoms with Crippen LogP contribution < -0.4 is 10.6 Å². The summed E-state index contributed by atoms with van der Waals surface area (Å²) in [5.74, 6) is 1.02. The van der Waals surface area contributed by atoms with E-state index in [-0.39, 0.29) is 41.8 Å². The maximum absolute atomic E-state index is 12.0. The van der Waals surface area contributed by atoms with Gasteiger partial charge in [-0.1, -0.05) is 19.9 Å². The Labute approximate surface area is 155 Å². The van der Waals surface area contributed by atoms with Crippen molar-refractivity contribution in [3.63, 3.8) is 0 Å². The van der Waals surface area contributed by atoms with Gasteiger partial charge in [0, 0.05) is 38.3 Å². The Bertz CT molecular complexity index is 520. The van der Waals surface area contributed by atoms with Crippen LogP contribution in [-0.2, 0) is 11.3 Å². The second-order valence-electron chi connectivity index (χ2n) is 5.82. The third-order valence-electron chi connectivity index (χ3n) is 3.72. The van der Waals surface area contributed by atoms with E-state index >= 15 is 0 Å². The van der Waals surface area contributed by atoms with E-state index in [1.165, 1.54) is 0 Å². The number of nitrogens with zero attached hydrogens (tertiary/aromatic N) is 3. The molecular formula is C16H26IN5O. The highest BCUT2D eigenvalue weighted by molar-refractivity contribution is 14.0. The lowest BCUT2D eigenvalue weighted by molar-refractivity contribution is -0.133. The molecule has 1 unspecified atom stereocenters. The van der Waals surface area contributed by atoms with Crippen LogP contribution in [0, 0.1) is 5.92 Å². The molecule has 2 N–H and O–H groups in total. The first-order chi connectivity index (χ1) is 10.6. The number of hydrogen-bond acceptors (Lipinski definition) is 3. The second kappa shape index (κ2) is 9.69. The molecule has 0 aliphatic carbocycles. The van der Waals surface area contributed by atoms with Crippen LogP contribution in [0.5, 0.6) is 0 Å². The van der Waals surface area contributed by atoms with Crippen molar-refractivity contribution < 1.29 is 4.79 Å². The van der Waals surface area contributed by atoms with E-state index in [9.17, 15) is 4.79 Å². The molecule has 0 bridgehead atoms. The van der Waals surface area contributed by atoms with Gasteiger partial charge in [-0.3, -0.25) is 14.8 Å². The summed E-state index contributed by atoms with van der Waals surface area (Å²) in [7, 11) is 1.75. The summed E-state index contributed by atoms with van der Waals surface area (Å²) in [6, 6.07) is 6.08. The molecule has 7 heteroatoms. The minimum absolute atomic E-state index is 0. The summed E-state index contributed by atoms with van der Waals surface area (Å²) in [6.07, 6.45) is 2.72. The highest BCUT2D eigenvalue weighted by Gasteiger charge is 2.27. The van der Waals surface area contributed by atoms with Crippen molar-refractivity contribution in [3.05, 3.63) is 30.1 Å². The molecule has 1 atom stereocenters. The SMILES string of the molecule is CN=C(NCc1ccccn1)NC1CCN(C(=O)C(C)C)C1.I. The van der Waals surface area contributed by atoms with Crippen molar-refractivity contribution >= 4 is 35.8 Å². The van der Waals surface area contributed by atoms with Crippen LogP contribution in [0.2, 0.25) is 0 Å². The number of carbonyl (C=O) groups excluding carboxylic acids is 1. The minimum Gasteiger partial charge on any atom is -0.352 e. The van der Waals surface area contributed by atoms with Gasteiger partial charge in [0.1, 0.15) is 0 Å². The van der Waals surface area contributed by atoms with Crippen molar-refractivity contribution in [3.8, 4) is 0 Å². The van der Waals surface area contributed by atoms with Crippen molar-refractivity contribution in [1.82, 2.24) is 20.5 Å². The fraction of sp³-hybridized carbons (Fsp3) is 0.562. The number of hydrogen-bond donors (Lipinski definition) is 2. The number of guanidine groups is 1. The number of rotatable bonds is 4. The zero-order valence-corrected chi connectivity index (χ0v) is 16.3. The normalized spacial score (nSPS) is 17.8. The molecule has 1 aliphatic heterocycles. The first kappa shape index (κ1) is 19.7. The molecule has 6 nitrogen and oxygen atoms in total. The van der Waals surface area contributed by atoms with Gasteiger partial charge in [0.2, 0.25) is 5.91 Å². The zero-order chi connectivity index (χ0) is 15.9. The van der Waals surface area contributed by atoms with Crippen LogP contribution in [0.3, 0.4) is 0 Å². The van der Waals surface area contributed by atoms with E-state index in [4.69, 9.17) is 0 Å². The Morgan fingerprint density at radius 2 is 2.26 bits per heavy atom.